The Morgan fingerprint density at radius 1 is 1.18 bits per heavy atom. The van der Waals surface area contributed by atoms with Crippen molar-refractivity contribution in [3.8, 4) is 0 Å². The first-order chi connectivity index (χ1) is 15.7. The van der Waals surface area contributed by atoms with Crippen molar-refractivity contribution in [3.05, 3.63) is 23.7 Å². The molecule has 180 valence electrons. The fourth-order valence-electron chi connectivity index (χ4n) is 6.13. The maximum Gasteiger partial charge on any atom is 0.262 e. The number of hydrogen-bond donors (Lipinski definition) is 1. The van der Waals surface area contributed by atoms with Gasteiger partial charge in [-0.25, -0.2) is 18.7 Å². The van der Waals surface area contributed by atoms with Crippen LogP contribution in [0.15, 0.2) is 18.6 Å². The van der Waals surface area contributed by atoms with E-state index in [9.17, 15) is 8.78 Å². The fraction of sp³-hybridized carbons (Fsp3) is 0.727. The van der Waals surface area contributed by atoms with Crippen LogP contribution in [0.25, 0.3) is 11.0 Å². The number of ether oxygens (including phenoxy) is 3. The van der Waals surface area contributed by atoms with Crippen molar-refractivity contribution in [2.45, 2.75) is 74.9 Å². The van der Waals surface area contributed by atoms with Gasteiger partial charge in [0, 0.05) is 24.7 Å². The molecule has 1 N–H and O–H groups in total. The van der Waals surface area contributed by atoms with Crippen molar-refractivity contribution in [1.82, 2.24) is 24.8 Å². The van der Waals surface area contributed by atoms with Crippen LogP contribution in [-0.4, -0.2) is 81.2 Å². The maximum absolute atomic E-state index is 14.6. The molecule has 6 heterocycles. The molecule has 0 unspecified atom stereocenters. The number of nitrogens with one attached hydrogen (secondary N) is 1. The quantitative estimate of drug-likeness (QED) is 0.673. The minimum absolute atomic E-state index is 0.105. The zero-order valence-corrected chi connectivity index (χ0v) is 19.4. The number of fused-ring (bicyclic) bond motifs is 2. The van der Waals surface area contributed by atoms with Crippen molar-refractivity contribution < 1.29 is 23.0 Å². The first kappa shape index (κ1) is 22.1. The molecule has 0 aliphatic carbocycles. The molecule has 4 atom stereocenters. The Balaban J connectivity index is 1.32. The van der Waals surface area contributed by atoms with E-state index in [4.69, 9.17) is 25.8 Å². The van der Waals surface area contributed by atoms with E-state index in [0.717, 1.165) is 13.1 Å². The Kier molecular flexibility index (Phi) is 5.04. The second-order valence-electron chi connectivity index (χ2n) is 10.1. The Morgan fingerprint density at radius 3 is 2.73 bits per heavy atom. The molecular weight excluding hydrogens is 456 g/mol. The van der Waals surface area contributed by atoms with Crippen LogP contribution in [0.3, 0.4) is 0 Å². The van der Waals surface area contributed by atoms with Gasteiger partial charge in [-0.2, -0.15) is 0 Å². The zero-order valence-electron chi connectivity index (χ0n) is 18.6. The second-order valence-corrected chi connectivity index (χ2v) is 10.5. The topological polar surface area (TPSA) is 73.7 Å². The molecule has 6 rings (SSSR count). The largest absolute Gasteiger partial charge is 0.348 e. The van der Waals surface area contributed by atoms with Gasteiger partial charge in [-0.05, 0) is 45.8 Å². The molecule has 0 aromatic carbocycles. The maximum atomic E-state index is 14.6. The van der Waals surface area contributed by atoms with Crippen molar-refractivity contribution in [1.29, 1.82) is 0 Å². The summed E-state index contributed by atoms with van der Waals surface area (Å²) in [4.78, 5) is 10.4. The third-order valence-corrected chi connectivity index (χ3v) is 7.78. The highest BCUT2D eigenvalue weighted by atomic mass is 35.5. The molecule has 0 amide bonds. The Morgan fingerprint density at radius 2 is 1.94 bits per heavy atom. The van der Waals surface area contributed by atoms with Crippen molar-refractivity contribution in [2.75, 3.05) is 26.2 Å². The molecule has 4 fully saturated rings. The highest BCUT2D eigenvalue weighted by Crippen LogP contribution is 2.48. The Labute approximate surface area is 195 Å². The third kappa shape index (κ3) is 3.66. The van der Waals surface area contributed by atoms with E-state index >= 15 is 0 Å². The molecule has 11 heteroatoms. The lowest BCUT2D eigenvalue weighted by atomic mass is 9.85. The van der Waals surface area contributed by atoms with E-state index in [1.165, 1.54) is 6.33 Å². The molecule has 2 aromatic heterocycles. The van der Waals surface area contributed by atoms with E-state index in [2.05, 4.69) is 15.3 Å². The predicted octanol–water partition coefficient (Wildman–Crippen LogP) is 2.97. The number of piperidine rings is 1. The van der Waals surface area contributed by atoms with Crippen LogP contribution in [0.1, 0.15) is 39.3 Å². The summed E-state index contributed by atoms with van der Waals surface area (Å²) >= 11 is 6.24. The van der Waals surface area contributed by atoms with Crippen LogP contribution in [0.4, 0.5) is 8.78 Å². The van der Waals surface area contributed by atoms with Gasteiger partial charge in [0.2, 0.25) is 0 Å². The fourth-order valence-corrected chi connectivity index (χ4v) is 6.32. The van der Waals surface area contributed by atoms with Gasteiger partial charge in [0.25, 0.3) is 5.92 Å². The predicted molar refractivity (Wildman–Crippen MR) is 116 cm³/mol. The summed E-state index contributed by atoms with van der Waals surface area (Å²) in [5, 5.41) is 4.38. The van der Waals surface area contributed by atoms with Gasteiger partial charge in [0.15, 0.2) is 12.0 Å². The number of halogens is 3. The van der Waals surface area contributed by atoms with Crippen molar-refractivity contribution >= 4 is 22.6 Å². The van der Waals surface area contributed by atoms with E-state index in [0.29, 0.717) is 35.6 Å². The third-order valence-electron chi connectivity index (χ3n) is 7.48. The zero-order chi connectivity index (χ0) is 23.0. The van der Waals surface area contributed by atoms with Gasteiger partial charge < -0.3 is 24.1 Å². The molecule has 4 aliphatic rings. The normalized spacial score (nSPS) is 34.9. The second kappa shape index (κ2) is 7.53. The molecular formula is C22H28ClF2N5O3. The molecule has 0 radical (unpaired) electrons. The Hall–Kier alpha value is -1.43. The van der Waals surface area contributed by atoms with Crippen LogP contribution < -0.4 is 5.32 Å². The number of hydrogen-bond acceptors (Lipinski definition) is 7. The summed E-state index contributed by atoms with van der Waals surface area (Å²) in [6, 6.07) is 1.84. The highest BCUT2D eigenvalue weighted by Gasteiger charge is 2.60. The molecule has 0 bridgehead atoms. The van der Waals surface area contributed by atoms with Crippen molar-refractivity contribution in [3.63, 3.8) is 0 Å². The summed E-state index contributed by atoms with van der Waals surface area (Å²) in [5.41, 5.74) is 0.122. The smallest absolute Gasteiger partial charge is 0.262 e. The van der Waals surface area contributed by atoms with E-state index in [1.54, 1.807) is 0 Å². The number of nitrogens with zero attached hydrogens (tertiary/aromatic N) is 4. The standard InChI is InChI=1S/C22H28ClF2N5O3/c1-20(2)32-15-14(9-29-11-22(24,25)10-21(29)4-6-26-7-5-21)31-19(16(15)33-20)30-8-3-13-17(23)27-12-28-18(13)30/h3,8,12,14-16,19,26H,4-7,9-11H2,1-2H3/t14-,15-,16-,19-/m1/s1. The number of likely N-dealkylation sites (tertiary alicyclic amines) is 1. The molecule has 4 saturated heterocycles. The summed E-state index contributed by atoms with van der Waals surface area (Å²) in [6.45, 7) is 5.33. The number of alkyl halides is 2. The van der Waals surface area contributed by atoms with Crippen LogP contribution in [0.2, 0.25) is 5.15 Å². The van der Waals surface area contributed by atoms with Gasteiger partial charge >= 0.3 is 0 Å². The van der Waals surface area contributed by atoms with E-state index in [-0.39, 0.29) is 19.1 Å². The van der Waals surface area contributed by atoms with E-state index < -0.39 is 35.7 Å². The lowest BCUT2D eigenvalue weighted by molar-refractivity contribution is -0.199. The summed E-state index contributed by atoms with van der Waals surface area (Å²) in [6.07, 6.45) is 2.84. The van der Waals surface area contributed by atoms with Gasteiger partial charge in [-0.15, -0.1) is 0 Å². The van der Waals surface area contributed by atoms with Crippen LogP contribution in [0, 0.1) is 0 Å². The highest BCUT2D eigenvalue weighted by molar-refractivity contribution is 6.33. The summed E-state index contributed by atoms with van der Waals surface area (Å²) in [7, 11) is 0. The Bertz CT molecular complexity index is 1060. The van der Waals surface area contributed by atoms with Crippen LogP contribution in [0.5, 0.6) is 0 Å². The number of rotatable bonds is 3. The average molecular weight is 484 g/mol. The molecule has 33 heavy (non-hydrogen) atoms. The van der Waals surface area contributed by atoms with Crippen LogP contribution >= 0.6 is 11.6 Å². The minimum Gasteiger partial charge on any atom is -0.348 e. The molecule has 0 saturated carbocycles. The molecule has 8 nitrogen and oxygen atoms in total. The minimum atomic E-state index is -2.70. The lowest BCUT2D eigenvalue weighted by Crippen LogP contribution is -2.54. The molecule has 1 spiro atoms. The van der Waals surface area contributed by atoms with Gasteiger partial charge in [-0.3, -0.25) is 4.90 Å². The SMILES string of the molecule is CC1(C)O[C@@H]2[C@H](O1)[C@@H](CN1CC(F)(F)CC13CCNCC3)O[C@H]2n1ccc2c(Cl)ncnc21. The molecule has 4 aliphatic heterocycles. The van der Waals surface area contributed by atoms with Gasteiger partial charge in [0.1, 0.15) is 35.4 Å². The van der Waals surface area contributed by atoms with Crippen LogP contribution in [-0.2, 0) is 14.2 Å². The lowest BCUT2D eigenvalue weighted by Gasteiger charge is -2.42. The first-order valence-electron chi connectivity index (χ1n) is 11.5. The number of aromatic nitrogens is 3. The average Bonchev–Trinajstić information content (AvgIpc) is 3.44. The van der Waals surface area contributed by atoms with Crippen molar-refractivity contribution in [2.24, 2.45) is 0 Å². The summed E-state index contributed by atoms with van der Waals surface area (Å²) in [5.74, 6) is -3.50. The first-order valence-corrected chi connectivity index (χ1v) is 11.9. The monoisotopic (exact) mass is 483 g/mol. The summed E-state index contributed by atoms with van der Waals surface area (Å²) < 4.78 is 50.1. The molecule has 2 aromatic rings. The van der Waals surface area contributed by atoms with Gasteiger partial charge in [0.05, 0.1) is 11.9 Å². The van der Waals surface area contributed by atoms with Gasteiger partial charge in [-0.1, -0.05) is 11.6 Å². The van der Waals surface area contributed by atoms with E-state index in [1.807, 2.05) is 35.6 Å².